The van der Waals surface area contributed by atoms with Gasteiger partial charge in [0.2, 0.25) is 5.91 Å². The molecule has 1 saturated heterocycles. The molecule has 138 valence electrons. The van der Waals surface area contributed by atoms with Crippen molar-refractivity contribution in [2.45, 2.75) is 58.4 Å². The van der Waals surface area contributed by atoms with Gasteiger partial charge in [-0.05, 0) is 43.4 Å². The normalized spacial score (nSPS) is 15.0. The summed E-state index contributed by atoms with van der Waals surface area (Å²) in [7, 11) is 0. The Kier molecular flexibility index (Phi) is 7.76. The summed E-state index contributed by atoms with van der Waals surface area (Å²) < 4.78 is 5.57. The summed E-state index contributed by atoms with van der Waals surface area (Å²) >= 11 is 0. The number of benzene rings is 1. The molecule has 1 N–H and O–H groups in total. The van der Waals surface area contributed by atoms with E-state index in [1.807, 2.05) is 17.0 Å². The fourth-order valence-electron chi connectivity index (χ4n) is 3.09. The number of carbonyl (C=O) groups is 2. The number of nitrogens with one attached hydrogen (secondary N) is 1. The SMILES string of the molecule is CCCCCc1ccc(OCC(=O)NC2CCN(C(C)=O)CC2)cc1. The Hall–Kier alpha value is -2.04. The highest BCUT2D eigenvalue weighted by Crippen LogP contribution is 2.15. The number of hydrogen-bond donors (Lipinski definition) is 1. The molecule has 1 aliphatic heterocycles. The number of nitrogens with zero attached hydrogens (tertiary/aromatic N) is 1. The Labute approximate surface area is 150 Å². The van der Waals surface area contributed by atoms with Crippen molar-refractivity contribution in [2.75, 3.05) is 19.7 Å². The van der Waals surface area contributed by atoms with Gasteiger partial charge in [0, 0.05) is 26.1 Å². The number of amides is 2. The highest BCUT2D eigenvalue weighted by Gasteiger charge is 2.21. The second-order valence-corrected chi connectivity index (χ2v) is 6.74. The Balaban J connectivity index is 1.67. The fraction of sp³-hybridized carbons (Fsp3) is 0.600. The van der Waals surface area contributed by atoms with Crippen LogP contribution in [0.25, 0.3) is 0 Å². The minimum absolute atomic E-state index is 0.0299. The van der Waals surface area contributed by atoms with Crippen molar-refractivity contribution in [3.05, 3.63) is 29.8 Å². The third kappa shape index (κ3) is 6.77. The predicted octanol–water partition coefficient (Wildman–Crippen LogP) is 2.93. The van der Waals surface area contributed by atoms with E-state index in [9.17, 15) is 9.59 Å². The lowest BCUT2D eigenvalue weighted by Crippen LogP contribution is -2.47. The summed E-state index contributed by atoms with van der Waals surface area (Å²) in [5.41, 5.74) is 1.31. The van der Waals surface area contributed by atoms with E-state index in [2.05, 4.69) is 24.4 Å². The topological polar surface area (TPSA) is 58.6 Å². The number of carbonyl (C=O) groups excluding carboxylic acids is 2. The van der Waals surface area contributed by atoms with Crippen LogP contribution in [0.5, 0.6) is 5.75 Å². The molecule has 25 heavy (non-hydrogen) atoms. The highest BCUT2D eigenvalue weighted by atomic mass is 16.5. The molecule has 2 rings (SSSR count). The maximum atomic E-state index is 12.0. The van der Waals surface area contributed by atoms with Crippen LogP contribution in [0.15, 0.2) is 24.3 Å². The average Bonchev–Trinajstić information content (AvgIpc) is 2.62. The van der Waals surface area contributed by atoms with Gasteiger partial charge < -0.3 is 15.0 Å². The first-order chi connectivity index (χ1) is 12.1. The molecule has 1 aromatic carbocycles. The van der Waals surface area contributed by atoms with Crippen LogP contribution in [0.3, 0.4) is 0 Å². The van der Waals surface area contributed by atoms with Crippen molar-refractivity contribution < 1.29 is 14.3 Å². The van der Waals surface area contributed by atoms with Gasteiger partial charge in [-0.1, -0.05) is 31.9 Å². The highest BCUT2D eigenvalue weighted by molar-refractivity contribution is 5.78. The molecular weight excluding hydrogens is 316 g/mol. The Morgan fingerprint density at radius 2 is 1.84 bits per heavy atom. The van der Waals surface area contributed by atoms with Crippen molar-refractivity contribution in [3.63, 3.8) is 0 Å². The van der Waals surface area contributed by atoms with Crippen LogP contribution in [0.1, 0.15) is 51.5 Å². The van der Waals surface area contributed by atoms with Crippen LogP contribution in [0.2, 0.25) is 0 Å². The molecule has 0 aliphatic carbocycles. The van der Waals surface area contributed by atoms with Crippen molar-refractivity contribution >= 4 is 11.8 Å². The van der Waals surface area contributed by atoms with Crippen LogP contribution in [0.4, 0.5) is 0 Å². The van der Waals surface area contributed by atoms with Gasteiger partial charge in [0.1, 0.15) is 5.75 Å². The van der Waals surface area contributed by atoms with Gasteiger partial charge in [-0.3, -0.25) is 9.59 Å². The Morgan fingerprint density at radius 1 is 1.16 bits per heavy atom. The first-order valence-corrected chi connectivity index (χ1v) is 9.35. The van der Waals surface area contributed by atoms with Gasteiger partial charge in [-0.2, -0.15) is 0 Å². The summed E-state index contributed by atoms with van der Waals surface area (Å²) in [6.07, 6.45) is 6.39. The van der Waals surface area contributed by atoms with Crippen LogP contribution < -0.4 is 10.1 Å². The molecule has 0 bridgehead atoms. The number of rotatable bonds is 8. The molecule has 1 fully saturated rings. The van der Waals surface area contributed by atoms with Crippen molar-refractivity contribution in [1.29, 1.82) is 0 Å². The molecule has 0 unspecified atom stereocenters. The van der Waals surface area contributed by atoms with E-state index in [0.29, 0.717) is 13.1 Å². The lowest BCUT2D eigenvalue weighted by atomic mass is 10.1. The van der Waals surface area contributed by atoms with E-state index < -0.39 is 0 Å². The van der Waals surface area contributed by atoms with Crippen LogP contribution >= 0.6 is 0 Å². The summed E-state index contributed by atoms with van der Waals surface area (Å²) in [6.45, 7) is 5.24. The van der Waals surface area contributed by atoms with E-state index in [4.69, 9.17) is 4.74 Å². The third-order valence-corrected chi connectivity index (χ3v) is 4.67. The lowest BCUT2D eigenvalue weighted by Gasteiger charge is -2.31. The van der Waals surface area contributed by atoms with Gasteiger partial charge >= 0.3 is 0 Å². The molecular formula is C20H30N2O3. The number of unbranched alkanes of at least 4 members (excludes halogenated alkanes) is 2. The second-order valence-electron chi connectivity index (χ2n) is 6.74. The van der Waals surface area contributed by atoms with Crippen LogP contribution in [0, 0.1) is 0 Å². The van der Waals surface area contributed by atoms with E-state index in [1.165, 1.54) is 24.8 Å². The van der Waals surface area contributed by atoms with Crippen molar-refractivity contribution in [1.82, 2.24) is 10.2 Å². The molecule has 0 aromatic heterocycles. The lowest BCUT2D eigenvalue weighted by molar-refractivity contribution is -0.130. The molecule has 0 saturated carbocycles. The van der Waals surface area contributed by atoms with Gasteiger partial charge in [-0.15, -0.1) is 0 Å². The predicted molar refractivity (Wildman–Crippen MR) is 98.6 cm³/mol. The number of piperidine rings is 1. The van der Waals surface area contributed by atoms with Gasteiger partial charge in [0.15, 0.2) is 6.61 Å². The van der Waals surface area contributed by atoms with E-state index in [-0.39, 0.29) is 24.5 Å². The molecule has 0 spiro atoms. The smallest absolute Gasteiger partial charge is 0.258 e. The number of hydrogen-bond acceptors (Lipinski definition) is 3. The van der Waals surface area contributed by atoms with E-state index >= 15 is 0 Å². The first kappa shape index (κ1) is 19.3. The van der Waals surface area contributed by atoms with Crippen LogP contribution in [-0.2, 0) is 16.0 Å². The fourth-order valence-corrected chi connectivity index (χ4v) is 3.09. The molecule has 0 atom stereocenters. The first-order valence-electron chi connectivity index (χ1n) is 9.35. The summed E-state index contributed by atoms with van der Waals surface area (Å²) in [5, 5.41) is 2.99. The molecule has 1 aromatic rings. The molecule has 1 heterocycles. The third-order valence-electron chi connectivity index (χ3n) is 4.67. The Morgan fingerprint density at radius 3 is 2.44 bits per heavy atom. The largest absolute Gasteiger partial charge is 0.484 e. The molecule has 5 nitrogen and oxygen atoms in total. The van der Waals surface area contributed by atoms with E-state index in [0.717, 1.165) is 25.0 Å². The summed E-state index contributed by atoms with van der Waals surface area (Å²) in [5.74, 6) is 0.723. The van der Waals surface area contributed by atoms with Crippen molar-refractivity contribution in [2.24, 2.45) is 0 Å². The van der Waals surface area contributed by atoms with Gasteiger partial charge in [0.05, 0.1) is 0 Å². The van der Waals surface area contributed by atoms with Gasteiger partial charge in [0.25, 0.3) is 5.91 Å². The van der Waals surface area contributed by atoms with E-state index in [1.54, 1.807) is 6.92 Å². The zero-order valence-electron chi connectivity index (χ0n) is 15.4. The quantitative estimate of drug-likeness (QED) is 0.736. The number of ether oxygens (including phenoxy) is 1. The molecule has 0 radical (unpaired) electrons. The zero-order chi connectivity index (χ0) is 18.1. The minimum Gasteiger partial charge on any atom is -0.484 e. The second kappa shape index (κ2) is 10.1. The van der Waals surface area contributed by atoms with Gasteiger partial charge in [-0.25, -0.2) is 0 Å². The summed E-state index contributed by atoms with van der Waals surface area (Å²) in [4.78, 5) is 25.1. The van der Waals surface area contributed by atoms with Crippen molar-refractivity contribution in [3.8, 4) is 5.75 Å². The molecule has 1 aliphatic rings. The number of likely N-dealkylation sites (tertiary alicyclic amines) is 1. The average molecular weight is 346 g/mol. The minimum atomic E-state index is -0.103. The molecule has 5 heteroatoms. The van der Waals surface area contributed by atoms with Crippen LogP contribution in [-0.4, -0.2) is 42.5 Å². The maximum absolute atomic E-state index is 12.0. The zero-order valence-corrected chi connectivity index (χ0v) is 15.4. The molecule has 2 amide bonds. The number of aryl methyl sites for hydroxylation is 1. The monoisotopic (exact) mass is 346 g/mol. The maximum Gasteiger partial charge on any atom is 0.258 e. The summed E-state index contributed by atoms with van der Waals surface area (Å²) in [6, 6.07) is 8.13. The standard InChI is InChI=1S/C20H30N2O3/c1-3-4-5-6-17-7-9-19(10-8-17)25-15-20(24)21-18-11-13-22(14-12-18)16(2)23/h7-10,18H,3-6,11-15H2,1-2H3,(H,21,24). The Bertz CT molecular complexity index is 549.